The molecule has 0 atom stereocenters. The van der Waals surface area contributed by atoms with E-state index in [-0.39, 0.29) is 0 Å². The lowest BCUT2D eigenvalue weighted by Crippen LogP contribution is -2.02. The molecule has 0 unspecified atom stereocenters. The molecule has 154 valence electrons. The molecule has 0 saturated carbocycles. The zero-order chi connectivity index (χ0) is 20.2. The molecule has 0 fully saturated rings. The van der Waals surface area contributed by atoms with Crippen LogP contribution < -0.4 is 9.47 Å². The Morgan fingerprint density at radius 3 is 2.50 bits per heavy atom. The van der Waals surface area contributed by atoms with Crippen molar-refractivity contribution in [3.63, 3.8) is 0 Å². The Bertz CT molecular complexity index is 798. The van der Waals surface area contributed by atoms with Crippen LogP contribution in [0.2, 0.25) is 0 Å². The largest absolute Gasteiger partial charge is 0.490 e. The topological polar surface area (TPSA) is 64.4 Å². The first-order valence-electron chi connectivity index (χ1n) is 10.2. The molecular formula is C21H32N4O2S. The number of aromatic amines is 1. The SMILES string of the molecule is CCCCCCCCCOc1ccc(/C=N\n2c(C)n[nH]c2=S)cc1OCC. The standard InChI is InChI=1S/C21H32N4O2S/c1-4-6-7-8-9-10-11-14-27-19-13-12-18(15-20(19)26-5-2)16-22-25-17(3)23-24-21(25)28/h12-13,15-16H,4-11,14H2,1-3H3,(H,24,28)/b22-16-. The van der Waals surface area contributed by atoms with Gasteiger partial charge in [-0.2, -0.15) is 14.9 Å². The second-order valence-electron chi connectivity index (χ2n) is 6.74. The average molecular weight is 405 g/mol. The van der Waals surface area contributed by atoms with Crippen molar-refractivity contribution in [3.05, 3.63) is 34.4 Å². The molecule has 0 saturated heterocycles. The molecular weight excluding hydrogens is 372 g/mol. The minimum absolute atomic E-state index is 0.466. The van der Waals surface area contributed by atoms with E-state index in [2.05, 4.69) is 22.2 Å². The molecule has 1 heterocycles. The fraction of sp³-hybridized carbons (Fsp3) is 0.571. The van der Waals surface area contributed by atoms with Gasteiger partial charge < -0.3 is 9.47 Å². The fourth-order valence-corrected chi connectivity index (χ4v) is 3.09. The second kappa shape index (κ2) is 12.3. The molecule has 0 radical (unpaired) electrons. The van der Waals surface area contributed by atoms with Gasteiger partial charge in [0.2, 0.25) is 4.77 Å². The van der Waals surface area contributed by atoms with Gasteiger partial charge in [-0.3, -0.25) is 5.10 Å². The predicted molar refractivity (Wildman–Crippen MR) is 116 cm³/mol. The van der Waals surface area contributed by atoms with E-state index in [4.69, 9.17) is 21.7 Å². The summed E-state index contributed by atoms with van der Waals surface area (Å²) in [5, 5.41) is 11.1. The van der Waals surface area contributed by atoms with E-state index in [0.29, 0.717) is 23.8 Å². The molecule has 0 amide bonds. The molecule has 1 aromatic heterocycles. The lowest BCUT2D eigenvalue weighted by Gasteiger charge is -2.12. The molecule has 1 aromatic carbocycles. The first kappa shape index (κ1) is 22.1. The molecule has 0 aliphatic rings. The normalized spacial score (nSPS) is 11.2. The highest BCUT2D eigenvalue weighted by atomic mass is 32.1. The van der Waals surface area contributed by atoms with Gasteiger partial charge in [0.05, 0.1) is 19.4 Å². The molecule has 28 heavy (non-hydrogen) atoms. The van der Waals surface area contributed by atoms with Crippen molar-refractivity contribution in [3.8, 4) is 11.5 Å². The third kappa shape index (κ3) is 7.11. The van der Waals surface area contributed by atoms with Gasteiger partial charge in [-0.25, -0.2) is 0 Å². The number of aryl methyl sites for hydroxylation is 1. The van der Waals surface area contributed by atoms with E-state index in [1.807, 2.05) is 32.0 Å². The van der Waals surface area contributed by atoms with Gasteiger partial charge in [-0.1, -0.05) is 45.4 Å². The number of ether oxygens (including phenoxy) is 2. The van der Waals surface area contributed by atoms with Gasteiger partial charge >= 0.3 is 0 Å². The summed E-state index contributed by atoms with van der Waals surface area (Å²) in [6.45, 7) is 7.35. The van der Waals surface area contributed by atoms with E-state index in [9.17, 15) is 0 Å². The average Bonchev–Trinajstić information content (AvgIpc) is 3.01. The van der Waals surface area contributed by atoms with Crippen LogP contribution in [0.5, 0.6) is 11.5 Å². The van der Waals surface area contributed by atoms with Crippen LogP contribution in [0.15, 0.2) is 23.3 Å². The summed E-state index contributed by atoms with van der Waals surface area (Å²) in [5.74, 6) is 2.23. The zero-order valence-corrected chi connectivity index (χ0v) is 18.1. The summed E-state index contributed by atoms with van der Waals surface area (Å²) in [5.41, 5.74) is 0.911. The van der Waals surface area contributed by atoms with Gasteiger partial charge in [-0.15, -0.1) is 0 Å². The quantitative estimate of drug-likeness (QED) is 0.266. The highest BCUT2D eigenvalue weighted by Gasteiger charge is 2.06. The number of hydrogen-bond donors (Lipinski definition) is 1. The second-order valence-corrected chi connectivity index (χ2v) is 7.13. The number of H-pyrrole nitrogens is 1. The van der Waals surface area contributed by atoms with Gasteiger partial charge in [0.15, 0.2) is 11.5 Å². The minimum atomic E-state index is 0.466. The minimum Gasteiger partial charge on any atom is -0.490 e. The van der Waals surface area contributed by atoms with Crippen LogP contribution in [-0.4, -0.2) is 34.3 Å². The van der Waals surface area contributed by atoms with Crippen LogP contribution >= 0.6 is 12.2 Å². The van der Waals surface area contributed by atoms with Crippen LogP contribution in [0.4, 0.5) is 0 Å². The van der Waals surface area contributed by atoms with Crippen LogP contribution in [0.3, 0.4) is 0 Å². The van der Waals surface area contributed by atoms with Crippen molar-refractivity contribution in [1.29, 1.82) is 0 Å². The first-order chi connectivity index (χ1) is 13.7. The van der Waals surface area contributed by atoms with E-state index in [1.165, 1.54) is 38.5 Å². The van der Waals surface area contributed by atoms with Crippen molar-refractivity contribution >= 4 is 18.4 Å². The van der Waals surface area contributed by atoms with Crippen molar-refractivity contribution < 1.29 is 9.47 Å². The Morgan fingerprint density at radius 1 is 1.07 bits per heavy atom. The van der Waals surface area contributed by atoms with Crippen molar-refractivity contribution in [2.75, 3.05) is 13.2 Å². The van der Waals surface area contributed by atoms with Crippen LogP contribution in [0.25, 0.3) is 0 Å². The van der Waals surface area contributed by atoms with Gasteiger partial charge in [0.25, 0.3) is 0 Å². The number of rotatable bonds is 13. The van der Waals surface area contributed by atoms with E-state index >= 15 is 0 Å². The number of unbranched alkanes of at least 4 members (excludes halogenated alkanes) is 6. The zero-order valence-electron chi connectivity index (χ0n) is 17.2. The summed E-state index contributed by atoms with van der Waals surface area (Å²) in [4.78, 5) is 0. The monoisotopic (exact) mass is 404 g/mol. The smallest absolute Gasteiger partial charge is 0.216 e. The lowest BCUT2D eigenvalue weighted by atomic mass is 10.1. The summed E-state index contributed by atoms with van der Waals surface area (Å²) in [6, 6.07) is 5.84. The molecule has 0 bridgehead atoms. The maximum absolute atomic E-state index is 5.95. The van der Waals surface area contributed by atoms with Gasteiger partial charge in [-0.05, 0) is 56.2 Å². The molecule has 2 rings (SSSR count). The first-order valence-corrected chi connectivity index (χ1v) is 10.6. The van der Waals surface area contributed by atoms with Gasteiger partial charge in [0.1, 0.15) is 5.82 Å². The van der Waals surface area contributed by atoms with E-state index in [0.717, 1.165) is 23.5 Å². The van der Waals surface area contributed by atoms with E-state index < -0.39 is 0 Å². The Balaban J connectivity index is 1.90. The van der Waals surface area contributed by atoms with Crippen LogP contribution in [0.1, 0.15) is 70.2 Å². The molecule has 6 nitrogen and oxygen atoms in total. The molecule has 0 spiro atoms. The number of nitrogens with zero attached hydrogens (tertiary/aromatic N) is 3. The highest BCUT2D eigenvalue weighted by molar-refractivity contribution is 7.71. The van der Waals surface area contributed by atoms with Crippen molar-refractivity contribution in [2.45, 2.75) is 65.7 Å². The molecule has 7 heteroatoms. The maximum atomic E-state index is 5.95. The molecule has 2 aromatic rings. The van der Waals surface area contributed by atoms with Crippen molar-refractivity contribution in [1.82, 2.24) is 14.9 Å². The number of benzene rings is 1. The Labute approximate surface area is 173 Å². The predicted octanol–water partition coefficient (Wildman–Crippen LogP) is 5.66. The molecule has 1 N–H and O–H groups in total. The number of nitrogens with one attached hydrogen (secondary N) is 1. The summed E-state index contributed by atoms with van der Waals surface area (Å²) in [6.07, 6.45) is 10.6. The summed E-state index contributed by atoms with van der Waals surface area (Å²) in [7, 11) is 0. The Hall–Kier alpha value is -2.15. The summed E-state index contributed by atoms with van der Waals surface area (Å²) >= 11 is 5.16. The van der Waals surface area contributed by atoms with Crippen LogP contribution in [0, 0.1) is 11.7 Å². The maximum Gasteiger partial charge on any atom is 0.216 e. The third-order valence-corrected chi connectivity index (χ3v) is 4.67. The Morgan fingerprint density at radius 2 is 1.82 bits per heavy atom. The van der Waals surface area contributed by atoms with E-state index in [1.54, 1.807) is 10.9 Å². The number of hydrogen-bond acceptors (Lipinski definition) is 5. The lowest BCUT2D eigenvalue weighted by molar-refractivity contribution is 0.270. The van der Waals surface area contributed by atoms with Crippen molar-refractivity contribution in [2.24, 2.45) is 5.10 Å². The summed E-state index contributed by atoms with van der Waals surface area (Å²) < 4.78 is 13.8. The number of aromatic nitrogens is 3. The Kier molecular flexibility index (Phi) is 9.76. The highest BCUT2D eigenvalue weighted by Crippen LogP contribution is 2.28. The van der Waals surface area contributed by atoms with Crippen LogP contribution in [-0.2, 0) is 0 Å². The molecule has 0 aliphatic carbocycles. The van der Waals surface area contributed by atoms with Gasteiger partial charge in [0, 0.05) is 0 Å². The fourth-order valence-electron chi connectivity index (χ4n) is 2.86. The third-order valence-electron chi connectivity index (χ3n) is 4.41. The molecule has 0 aliphatic heterocycles.